The van der Waals surface area contributed by atoms with Gasteiger partial charge in [0.15, 0.2) is 11.6 Å². The van der Waals surface area contributed by atoms with Crippen molar-refractivity contribution in [2.75, 3.05) is 38.2 Å². The van der Waals surface area contributed by atoms with Gasteiger partial charge in [0.25, 0.3) is 0 Å². The van der Waals surface area contributed by atoms with Crippen LogP contribution in [0.3, 0.4) is 0 Å². The number of anilines is 1. The fraction of sp³-hybridized carbons (Fsp3) is 0.545. The van der Waals surface area contributed by atoms with Gasteiger partial charge in [-0.05, 0) is 74.9 Å². The highest BCUT2D eigenvalue weighted by Crippen LogP contribution is 2.30. The van der Waals surface area contributed by atoms with Crippen molar-refractivity contribution in [1.82, 2.24) is 14.9 Å². The zero-order valence-electron chi connectivity index (χ0n) is 16.7. The molecule has 0 aromatic carbocycles. The molecule has 4 rings (SSSR count). The van der Waals surface area contributed by atoms with Crippen molar-refractivity contribution < 1.29 is 4.74 Å². The molecule has 0 amide bonds. The summed E-state index contributed by atoms with van der Waals surface area (Å²) in [6.45, 7) is 9.10. The quantitative estimate of drug-likeness (QED) is 0.830. The minimum absolute atomic E-state index is 0.716. The molecule has 0 N–H and O–H groups in total. The molecule has 1 atom stereocenters. The van der Waals surface area contributed by atoms with E-state index in [0.717, 1.165) is 55.6 Å². The van der Waals surface area contributed by atoms with E-state index in [0.29, 0.717) is 5.92 Å². The summed E-state index contributed by atoms with van der Waals surface area (Å²) in [6, 6.07) is 6.66. The minimum atomic E-state index is 0.716. The standard InChI is InChI=1S/C22H30N4O/c1-16-9-19(10-17(2)24-16)11-18-5-4-6-26(14-18)15-20-12-21-22(23-13-20)25(3)7-8-27-21/h9-10,12-13,18H,4-8,11,14-15H2,1-3H3. The third-order valence-corrected chi connectivity index (χ3v) is 5.61. The number of fused-ring (bicyclic) bond motifs is 1. The number of likely N-dealkylation sites (N-methyl/N-ethyl adjacent to an activating group) is 1. The summed E-state index contributed by atoms with van der Waals surface area (Å²) < 4.78 is 5.82. The molecule has 1 saturated heterocycles. The van der Waals surface area contributed by atoms with E-state index in [-0.39, 0.29) is 0 Å². The van der Waals surface area contributed by atoms with Crippen molar-refractivity contribution in [3.63, 3.8) is 0 Å². The molecule has 2 aromatic rings. The highest BCUT2D eigenvalue weighted by molar-refractivity contribution is 5.54. The summed E-state index contributed by atoms with van der Waals surface area (Å²) in [5.74, 6) is 2.61. The molecule has 2 aromatic heterocycles. The first kappa shape index (κ1) is 18.2. The molecule has 2 aliphatic heterocycles. The molecule has 1 unspecified atom stereocenters. The molecule has 1 fully saturated rings. The van der Waals surface area contributed by atoms with E-state index < -0.39 is 0 Å². The lowest BCUT2D eigenvalue weighted by Crippen LogP contribution is -2.36. The van der Waals surface area contributed by atoms with E-state index >= 15 is 0 Å². The van der Waals surface area contributed by atoms with Crippen molar-refractivity contribution in [3.8, 4) is 5.75 Å². The Kier molecular flexibility index (Phi) is 5.30. The van der Waals surface area contributed by atoms with Gasteiger partial charge >= 0.3 is 0 Å². The Bertz CT molecular complexity index is 787. The molecule has 5 heteroatoms. The zero-order chi connectivity index (χ0) is 18.8. The first-order valence-corrected chi connectivity index (χ1v) is 10.1. The summed E-state index contributed by atoms with van der Waals surface area (Å²) in [6.07, 6.45) is 5.75. The molecule has 27 heavy (non-hydrogen) atoms. The number of hydrogen-bond acceptors (Lipinski definition) is 5. The SMILES string of the molecule is Cc1cc(CC2CCCN(Cc3cnc4c(c3)OCCN4C)C2)cc(C)n1. The number of rotatable bonds is 4. The van der Waals surface area contributed by atoms with Gasteiger partial charge in [-0.25, -0.2) is 4.98 Å². The fourth-order valence-electron chi connectivity index (χ4n) is 4.45. The van der Waals surface area contributed by atoms with Crippen LogP contribution in [0.1, 0.15) is 35.4 Å². The molecule has 0 bridgehead atoms. The number of aryl methyl sites for hydroxylation is 2. The van der Waals surface area contributed by atoms with Gasteiger partial charge in [-0.3, -0.25) is 9.88 Å². The number of hydrogen-bond donors (Lipinski definition) is 0. The highest BCUT2D eigenvalue weighted by Gasteiger charge is 2.22. The Morgan fingerprint density at radius 3 is 2.74 bits per heavy atom. The van der Waals surface area contributed by atoms with Crippen molar-refractivity contribution >= 4 is 5.82 Å². The first-order chi connectivity index (χ1) is 13.1. The monoisotopic (exact) mass is 366 g/mol. The number of ether oxygens (including phenoxy) is 1. The van der Waals surface area contributed by atoms with Crippen LogP contribution >= 0.6 is 0 Å². The summed E-state index contributed by atoms with van der Waals surface area (Å²) in [7, 11) is 2.08. The normalized spacial score (nSPS) is 20.3. The van der Waals surface area contributed by atoms with Crippen LogP contribution in [0.4, 0.5) is 5.82 Å². The minimum Gasteiger partial charge on any atom is -0.488 e. The molecule has 144 valence electrons. The number of pyridine rings is 2. The average molecular weight is 367 g/mol. The van der Waals surface area contributed by atoms with Gasteiger partial charge in [-0.15, -0.1) is 0 Å². The zero-order valence-corrected chi connectivity index (χ0v) is 16.7. The van der Waals surface area contributed by atoms with E-state index in [1.165, 1.54) is 30.5 Å². The van der Waals surface area contributed by atoms with Gasteiger partial charge in [0, 0.05) is 37.7 Å². The number of aromatic nitrogens is 2. The van der Waals surface area contributed by atoms with E-state index in [4.69, 9.17) is 4.74 Å². The van der Waals surface area contributed by atoms with Crippen LogP contribution in [0.5, 0.6) is 5.75 Å². The lowest BCUT2D eigenvalue weighted by molar-refractivity contribution is 0.166. The Labute approximate surface area is 162 Å². The van der Waals surface area contributed by atoms with Crippen LogP contribution in [0.15, 0.2) is 24.4 Å². The summed E-state index contributed by atoms with van der Waals surface area (Å²) >= 11 is 0. The van der Waals surface area contributed by atoms with Gasteiger partial charge < -0.3 is 9.64 Å². The Morgan fingerprint density at radius 2 is 1.93 bits per heavy atom. The van der Waals surface area contributed by atoms with Gasteiger partial charge in [0.1, 0.15) is 6.61 Å². The smallest absolute Gasteiger partial charge is 0.171 e. The fourth-order valence-corrected chi connectivity index (χ4v) is 4.45. The van der Waals surface area contributed by atoms with Gasteiger partial charge in [0.05, 0.1) is 6.54 Å². The molecule has 0 saturated carbocycles. The van der Waals surface area contributed by atoms with Gasteiger partial charge in [0.2, 0.25) is 0 Å². The molecular weight excluding hydrogens is 336 g/mol. The predicted molar refractivity (Wildman–Crippen MR) is 108 cm³/mol. The van der Waals surface area contributed by atoms with Crippen LogP contribution in [-0.4, -0.2) is 48.2 Å². The largest absolute Gasteiger partial charge is 0.488 e. The second-order valence-corrected chi connectivity index (χ2v) is 8.14. The third-order valence-electron chi connectivity index (χ3n) is 5.61. The van der Waals surface area contributed by atoms with Crippen molar-refractivity contribution in [3.05, 3.63) is 46.9 Å². The van der Waals surface area contributed by atoms with Crippen molar-refractivity contribution in [1.29, 1.82) is 0 Å². The van der Waals surface area contributed by atoms with Crippen LogP contribution in [0, 0.1) is 19.8 Å². The molecule has 0 aliphatic carbocycles. The predicted octanol–water partition coefficient (Wildman–Crippen LogP) is 3.38. The van der Waals surface area contributed by atoms with Gasteiger partial charge in [-0.2, -0.15) is 0 Å². The first-order valence-electron chi connectivity index (χ1n) is 10.1. The maximum Gasteiger partial charge on any atom is 0.171 e. The molecule has 5 nitrogen and oxygen atoms in total. The van der Waals surface area contributed by atoms with Crippen LogP contribution in [-0.2, 0) is 13.0 Å². The van der Waals surface area contributed by atoms with Crippen LogP contribution in [0.2, 0.25) is 0 Å². The number of piperidine rings is 1. The maximum absolute atomic E-state index is 5.82. The highest BCUT2D eigenvalue weighted by atomic mass is 16.5. The third kappa shape index (κ3) is 4.41. The molecule has 0 radical (unpaired) electrons. The second kappa shape index (κ2) is 7.85. The van der Waals surface area contributed by atoms with Crippen LogP contribution in [0.25, 0.3) is 0 Å². The lowest BCUT2D eigenvalue weighted by atomic mass is 9.91. The topological polar surface area (TPSA) is 41.5 Å². The molecule has 2 aliphatic rings. The molecule has 4 heterocycles. The maximum atomic E-state index is 5.82. The Balaban J connectivity index is 1.40. The lowest BCUT2D eigenvalue weighted by Gasteiger charge is -2.33. The van der Waals surface area contributed by atoms with E-state index in [1.807, 2.05) is 6.20 Å². The van der Waals surface area contributed by atoms with E-state index in [2.05, 4.69) is 58.9 Å². The molecular formula is C22H30N4O. The Hall–Kier alpha value is -2.14. The van der Waals surface area contributed by atoms with Crippen LogP contribution < -0.4 is 9.64 Å². The van der Waals surface area contributed by atoms with Crippen molar-refractivity contribution in [2.45, 2.75) is 39.7 Å². The summed E-state index contributed by atoms with van der Waals surface area (Å²) in [5, 5.41) is 0. The van der Waals surface area contributed by atoms with Gasteiger partial charge in [-0.1, -0.05) is 0 Å². The average Bonchev–Trinajstić information content (AvgIpc) is 2.61. The second-order valence-electron chi connectivity index (χ2n) is 8.14. The Morgan fingerprint density at radius 1 is 1.11 bits per heavy atom. The van der Waals surface area contributed by atoms with Crippen molar-refractivity contribution in [2.24, 2.45) is 5.92 Å². The summed E-state index contributed by atoms with van der Waals surface area (Å²) in [5.41, 5.74) is 4.93. The summed E-state index contributed by atoms with van der Waals surface area (Å²) in [4.78, 5) is 13.9. The number of likely N-dealkylation sites (tertiary alicyclic amines) is 1. The van der Waals surface area contributed by atoms with E-state index in [1.54, 1.807) is 0 Å². The number of nitrogens with zero attached hydrogens (tertiary/aromatic N) is 4. The molecule has 0 spiro atoms. The van der Waals surface area contributed by atoms with E-state index in [9.17, 15) is 0 Å².